The molecule has 10 atom stereocenters. The lowest BCUT2D eigenvalue weighted by Crippen LogP contribution is -2.67. The van der Waals surface area contributed by atoms with Gasteiger partial charge in [-0.05, 0) is 99.2 Å². The second-order valence-corrected chi connectivity index (χ2v) is 29.4. The number of thioether (sulfide) groups is 2. The highest BCUT2D eigenvalue weighted by Gasteiger charge is 2.55. The van der Waals surface area contributed by atoms with Crippen LogP contribution in [0, 0.1) is 0 Å². The van der Waals surface area contributed by atoms with Crippen molar-refractivity contribution >= 4 is 105 Å². The van der Waals surface area contributed by atoms with E-state index in [0.717, 1.165) is 64.3 Å². The average Bonchev–Trinajstić information content (AvgIpc) is 3.35. The highest BCUT2D eigenvalue weighted by molar-refractivity contribution is 8.03. The highest BCUT2D eigenvalue weighted by atomic mass is 32.2. The second-order valence-electron chi connectivity index (χ2n) is 18.9. The van der Waals surface area contributed by atoms with E-state index in [1.54, 1.807) is 23.5 Å². The van der Waals surface area contributed by atoms with Gasteiger partial charge in [-0.3, -0.25) is 0 Å². The first-order valence-electron chi connectivity index (χ1n) is 23.5. The Labute approximate surface area is 395 Å². The predicted octanol–water partition coefficient (Wildman–Crippen LogP) is 11.6. The maximum Gasteiger partial charge on any atom is 0.173 e. The van der Waals surface area contributed by atoms with Gasteiger partial charge in [-0.2, -0.15) is 23.5 Å². The molecule has 4 heterocycles. The molecule has 4 nitrogen and oxygen atoms in total. The quantitative estimate of drug-likeness (QED) is 0.162. The summed E-state index contributed by atoms with van der Waals surface area (Å²) in [5.41, 5.74) is 2.55. The van der Waals surface area contributed by atoms with Crippen molar-refractivity contribution in [1.29, 1.82) is 0 Å². The van der Waals surface area contributed by atoms with Crippen LogP contribution in [0.1, 0.15) is 64.2 Å². The molecule has 0 N–H and O–H groups in total. The van der Waals surface area contributed by atoms with Crippen LogP contribution in [0.2, 0.25) is 0 Å². The van der Waals surface area contributed by atoms with Crippen LogP contribution in [0.25, 0.3) is 0 Å². The lowest BCUT2D eigenvalue weighted by molar-refractivity contribution is 0.287. The minimum atomic E-state index is -3.12. The fourth-order valence-electron chi connectivity index (χ4n) is 12.7. The maximum absolute atomic E-state index is 16.0. The van der Waals surface area contributed by atoms with Crippen molar-refractivity contribution in [2.75, 3.05) is 9.80 Å². The van der Waals surface area contributed by atoms with E-state index in [4.69, 9.17) is 0 Å². The zero-order valence-electron chi connectivity index (χ0n) is 35.8. The predicted molar refractivity (Wildman–Crippen MR) is 277 cm³/mol. The standard InChI is InChI=1S/C54H52N2O2P2S4/c57-59(37-15-3-1-4-16-37)43-21-9-13-25-49(43)63-51-29-27-35(31-45(51)59)55-39-19-7-11-23-47(39)61-53-34-42-54(33-41(53)55)62-48-24-12-8-20-40(48)56(42)36-28-30-52-46(32-36)60(58,38-17-5-2-6-18-38)44-22-10-14-26-50(44)64-52/h1-6,9-10,13-18,21-22,25-32,39-42,47-48,53-54H,7-8,11-12,19-20,23-24,33-34H2. The molecular formula is C54H52N2O2P2S4. The van der Waals surface area contributed by atoms with Crippen LogP contribution >= 0.6 is 61.3 Å². The van der Waals surface area contributed by atoms with Gasteiger partial charge in [-0.15, -0.1) is 0 Å². The Bertz CT molecular complexity index is 2690. The van der Waals surface area contributed by atoms with Gasteiger partial charge in [0.2, 0.25) is 0 Å². The van der Waals surface area contributed by atoms with E-state index in [2.05, 4.69) is 143 Å². The molecule has 3 saturated carbocycles. The number of anilines is 2. The van der Waals surface area contributed by atoms with Gasteiger partial charge in [0.25, 0.3) is 0 Å². The molecule has 5 fully saturated rings. The summed E-state index contributed by atoms with van der Waals surface area (Å²) in [4.78, 5) is 10.3. The van der Waals surface area contributed by atoms with Crippen LogP contribution in [0.3, 0.4) is 0 Å². The number of hydrogen-bond donors (Lipinski definition) is 0. The number of rotatable bonds is 4. The summed E-state index contributed by atoms with van der Waals surface area (Å²) in [7, 11) is -6.24. The third-order valence-corrected chi connectivity index (χ3v) is 28.2. The molecule has 2 saturated heterocycles. The van der Waals surface area contributed by atoms with Crippen molar-refractivity contribution in [3.8, 4) is 0 Å². The summed E-state index contributed by atoms with van der Waals surface area (Å²) in [6.07, 6.45) is 12.4. The van der Waals surface area contributed by atoms with Gasteiger partial charge in [0.05, 0.1) is 0 Å². The summed E-state index contributed by atoms with van der Waals surface area (Å²) in [6, 6.07) is 53.4. The van der Waals surface area contributed by atoms with Gasteiger partial charge in [-0.25, -0.2) is 0 Å². The molecule has 0 amide bonds. The molecule has 4 aliphatic heterocycles. The zero-order chi connectivity index (χ0) is 42.6. The molecule has 0 aromatic heterocycles. The van der Waals surface area contributed by atoms with Crippen molar-refractivity contribution < 1.29 is 9.13 Å². The molecule has 324 valence electrons. The average molecular weight is 951 g/mol. The van der Waals surface area contributed by atoms with Crippen LogP contribution in [-0.4, -0.2) is 45.2 Å². The molecular weight excluding hydrogens is 899 g/mol. The normalized spacial score (nSPS) is 32.3. The lowest BCUT2D eigenvalue weighted by atomic mass is 9.82. The van der Waals surface area contributed by atoms with E-state index in [9.17, 15) is 0 Å². The topological polar surface area (TPSA) is 40.6 Å². The molecule has 10 unspecified atom stereocenters. The van der Waals surface area contributed by atoms with Crippen LogP contribution in [0.5, 0.6) is 0 Å². The Hall–Kier alpha value is -3.22. The van der Waals surface area contributed by atoms with Crippen LogP contribution < -0.4 is 41.6 Å². The van der Waals surface area contributed by atoms with Crippen molar-refractivity contribution in [3.05, 3.63) is 146 Å². The molecule has 0 radical (unpaired) electrons. The maximum atomic E-state index is 16.0. The number of fused-ring (bicyclic) bond motifs is 8. The van der Waals surface area contributed by atoms with Crippen molar-refractivity contribution in [3.63, 3.8) is 0 Å². The monoisotopic (exact) mass is 950 g/mol. The van der Waals surface area contributed by atoms with Crippen molar-refractivity contribution in [2.45, 2.75) is 129 Å². The Morgan fingerprint density at radius 1 is 0.391 bits per heavy atom. The van der Waals surface area contributed by atoms with Gasteiger partial charge >= 0.3 is 0 Å². The minimum Gasteiger partial charge on any atom is -0.363 e. The van der Waals surface area contributed by atoms with Gasteiger partial charge in [0.15, 0.2) is 14.3 Å². The Balaban J connectivity index is 0.901. The molecule has 10 heteroatoms. The zero-order valence-corrected chi connectivity index (χ0v) is 40.8. The first-order valence-corrected chi connectivity index (χ1v) is 30.4. The second kappa shape index (κ2) is 16.2. The molecule has 0 bridgehead atoms. The lowest BCUT2D eigenvalue weighted by Gasteiger charge is -2.61. The SMILES string of the molecule is O=P1(c2ccccc2)c2ccccc2Sc2ccc(N3C4CCCCC4SC4CC5C(CC43)SC3CCCCC3N5c3ccc4c(c3)P(=O)(c3ccccc3)c3ccccc3S4)cc21. The molecule has 7 aliphatic rings. The van der Waals surface area contributed by atoms with Gasteiger partial charge in [0.1, 0.15) is 0 Å². The van der Waals surface area contributed by atoms with Gasteiger partial charge < -0.3 is 18.9 Å². The number of benzene rings is 6. The summed E-state index contributed by atoms with van der Waals surface area (Å²) < 4.78 is 32.0. The molecule has 0 spiro atoms. The minimum absolute atomic E-state index is 0.410. The van der Waals surface area contributed by atoms with Crippen LogP contribution in [-0.2, 0) is 9.13 Å². The van der Waals surface area contributed by atoms with E-state index in [0.29, 0.717) is 45.2 Å². The van der Waals surface area contributed by atoms with Gasteiger partial charge in [-0.1, -0.05) is 134 Å². The van der Waals surface area contributed by atoms with E-state index in [1.165, 1.54) is 62.7 Å². The summed E-state index contributed by atoms with van der Waals surface area (Å²) in [5.74, 6) is 0. The molecule has 64 heavy (non-hydrogen) atoms. The first kappa shape index (κ1) is 41.0. The van der Waals surface area contributed by atoms with E-state index < -0.39 is 14.3 Å². The third kappa shape index (κ3) is 6.42. The first-order chi connectivity index (χ1) is 31.5. The van der Waals surface area contributed by atoms with Crippen LogP contribution in [0.4, 0.5) is 11.4 Å². The van der Waals surface area contributed by atoms with Crippen LogP contribution in [0.15, 0.2) is 165 Å². The fraction of sp³-hybridized carbons (Fsp3) is 0.333. The van der Waals surface area contributed by atoms with E-state index in [1.807, 2.05) is 36.4 Å². The Kier molecular flexibility index (Phi) is 10.4. The summed E-state index contributed by atoms with van der Waals surface area (Å²) in [6.45, 7) is 0. The summed E-state index contributed by atoms with van der Waals surface area (Å²) >= 11 is 8.22. The molecule has 6 aromatic carbocycles. The number of hydrogen-bond acceptors (Lipinski definition) is 8. The molecule has 3 aliphatic carbocycles. The molecule has 6 aromatic rings. The van der Waals surface area contributed by atoms with Crippen molar-refractivity contribution in [2.24, 2.45) is 0 Å². The Morgan fingerprint density at radius 2 is 0.781 bits per heavy atom. The molecule has 13 rings (SSSR count). The third-order valence-electron chi connectivity index (χ3n) is 15.5. The summed E-state index contributed by atoms with van der Waals surface area (Å²) in [5, 5.41) is 7.99. The smallest absolute Gasteiger partial charge is 0.173 e. The number of nitrogens with zero attached hydrogens (tertiary/aromatic N) is 2. The largest absolute Gasteiger partial charge is 0.363 e. The highest BCUT2D eigenvalue weighted by Crippen LogP contribution is 2.58. The van der Waals surface area contributed by atoms with E-state index in [-0.39, 0.29) is 0 Å². The Morgan fingerprint density at radius 3 is 1.23 bits per heavy atom. The van der Waals surface area contributed by atoms with E-state index >= 15 is 9.13 Å². The van der Waals surface area contributed by atoms with Crippen molar-refractivity contribution in [1.82, 2.24) is 0 Å². The van der Waals surface area contributed by atoms with Gasteiger partial charge in [0, 0.05) is 108 Å². The fourth-order valence-corrected chi connectivity index (χ4v) is 26.0.